The number of nitrogens with zero attached hydrogens (tertiary/aromatic N) is 2. The van der Waals surface area contributed by atoms with Gasteiger partial charge in [-0.3, -0.25) is 0 Å². The molecule has 124 valence electrons. The van der Waals surface area contributed by atoms with Crippen molar-refractivity contribution in [3.63, 3.8) is 0 Å². The maximum absolute atomic E-state index is 6.28. The average Bonchev–Trinajstić information content (AvgIpc) is 2.57. The van der Waals surface area contributed by atoms with Crippen molar-refractivity contribution in [3.8, 4) is 11.3 Å². The van der Waals surface area contributed by atoms with E-state index in [2.05, 4.69) is 59.4 Å². The monoisotopic (exact) mass is 321 g/mol. The number of benzene rings is 2. The lowest BCUT2D eigenvalue weighted by atomic mass is 9.90. The number of rotatable bonds is 3. The highest BCUT2D eigenvalue weighted by Gasteiger charge is 2.19. The van der Waals surface area contributed by atoms with Gasteiger partial charge < -0.3 is 9.32 Å². The topological polar surface area (TPSA) is 19.4 Å². The van der Waals surface area contributed by atoms with E-state index in [9.17, 15) is 0 Å². The second-order valence-corrected chi connectivity index (χ2v) is 6.69. The first-order valence-electron chi connectivity index (χ1n) is 8.23. The zero-order valence-electron chi connectivity index (χ0n) is 15.1. The maximum atomic E-state index is 6.28. The lowest BCUT2D eigenvalue weighted by Crippen LogP contribution is -2.21. The molecule has 0 bridgehead atoms. The smallest absolute Gasteiger partial charge is 0.203 e. The predicted molar refractivity (Wildman–Crippen MR) is 103 cm³/mol. The van der Waals surface area contributed by atoms with E-state index in [-0.39, 0.29) is 5.92 Å². The van der Waals surface area contributed by atoms with Gasteiger partial charge >= 0.3 is 0 Å². The summed E-state index contributed by atoms with van der Waals surface area (Å²) in [5.41, 5.74) is 4.47. The summed E-state index contributed by atoms with van der Waals surface area (Å²) in [5, 5.41) is 2.28. The lowest BCUT2D eigenvalue weighted by Gasteiger charge is -2.19. The van der Waals surface area contributed by atoms with Crippen molar-refractivity contribution >= 4 is 16.7 Å². The van der Waals surface area contributed by atoms with Crippen LogP contribution >= 0.6 is 0 Å². The number of hydrogen-bond acceptors (Lipinski definition) is 2. The Morgan fingerprint density at radius 3 is 2.50 bits per heavy atom. The third-order valence-electron chi connectivity index (χ3n) is 4.57. The SMILES string of the molecule is C=CC(C)c1c2ccc(=[N+](C)C)cc-2oc2cc(N(C)C)ccc12. The summed E-state index contributed by atoms with van der Waals surface area (Å²) in [6, 6.07) is 12.8. The zero-order valence-corrected chi connectivity index (χ0v) is 15.1. The van der Waals surface area contributed by atoms with Gasteiger partial charge in [-0.1, -0.05) is 13.0 Å². The normalized spacial score (nSPS) is 12.4. The summed E-state index contributed by atoms with van der Waals surface area (Å²) in [6.07, 6.45) is 1.99. The summed E-state index contributed by atoms with van der Waals surface area (Å²) in [6.45, 7) is 6.18. The molecule has 2 aliphatic rings. The second-order valence-electron chi connectivity index (χ2n) is 6.69. The van der Waals surface area contributed by atoms with Crippen molar-refractivity contribution in [3.05, 3.63) is 60.0 Å². The van der Waals surface area contributed by atoms with Crippen LogP contribution in [-0.2, 0) is 0 Å². The van der Waals surface area contributed by atoms with E-state index in [1.54, 1.807) is 0 Å². The molecule has 0 N–H and O–H groups in total. The molecule has 0 fully saturated rings. The summed E-state index contributed by atoms with van der Waals surface area (Å²) in [7, 11) is 8.17. The highest BCUT2D eigenvalue weighted by molar-refractivity contribution is 5.90. The molecule has 3 nitrogen and oxygen atoms in total. The Balaban J connectivity index is 2.45. The van der Waals surface area contributed by atoms with Gasteiger partial charge in [-0.2, -0.15) is 0 Å². The molecule has 1 aliphatic carbocycles. The summed E-state index contributed by atoms with van der Waals surface area (Å²) >= 11 is 0. The van der Waals surface area contributed by atoms with Crippen molar-refractivity contribution in [2.45, 2.75) is 12.8 Å². The minimum absolute atomic E-state index is 0.252. The standard InChI is InChI=1S/C21H25N2O/c1-7-14(2)21-17-10-8-15(22(3)4)12-19(17)24-20-13-16(23(5)6)9-11-18(20)21/h7-14H,1H2,2-6H3/q+1. The Hall–Kier alpha value is -2.55. The third-order valence-corrected chi connectivity index (χ3v) is 4.57. The first-order chi connectivity index (χ1) is 11.4. The zero-order chi connectivity index (χ0) is 17.4. The Morgan fingerprint density at radius 2 is 1.88 bits per heavy atom. The van der Waals surface area contributed by atoms with E-state index in [1.807, 2.05) is 34.3 Å². The number of hydrogen-bond donors (Lipinski definition) is 0. The van der Waals surface area contributed by atoms with Gasteiger partial charge in [0, 0.05) is 48.8 Å². The maximum Gasteiger partial charge on any atom is 0.203 e. The highest BCUT2D eigenvalue weighted by Crippen LogP contribution is 2.38. The number of allylic oxidation sites excluding steroid dienone is 1. The lowest BCUT2D eigenvalue weighted by molar-refractivity contribution is 0.613. The summed E-state index contributed by atoms with van der Waals surface area (Å²) < 4.78 is 8.36. The van der Waals surface area contributed by atoms with Crippen LogP contribution in [0.15, 0.2) is 53.5 Å². The van der Waals surface area contributed by atoms with Gasteiger partial charge in [-0.05, 0) is 23.8 Å². The van der Waals surface area contributed by atoms with E-state index in [0.29, 0.717) is 0 Å². The van der Waals surface area contributed by atoms with Crippen LogP contribution in [0.3, 0.4) is 0 Å². The van der Waals surface area contributed by atoms with Crippen LogP contribution in [0.5, 0.6) is 0 Å². The molecule has 24 heavy (non-hydrogen) atoms. The highest BCUT2D eigenvalue weighted by atomic mass is 16.3. The molecule has 0 spiro atoms. The molecule has 1 heterocycles. The van der Waals surface area contributed by atoms with Crippen LogP contribution in [0.4, 0.5) is 5.69 Å². The Labute approximate surface area is 143 Å². The van der Waals surface area contributed by atoms with E-state index < -0.39 is 0 Å². The first-order valence-corrected chi connectivity index (χ1v) is 8.23. The fourth-order valence-corrected chi connectivity index (χ4v) is 3.06. The third kappa shape index (κ3) is 2.71. The van der Waals surface area contributed by atoms with Crippen LogP contribution < -0.4 is 14.8 Å². The number of fused-ring (bicyclic) bond motifs is 2. The van der Waals surface area contributed by atoms with Gasteiger partial charge in [0.1, 0.15) is 25.4 Å². The van der Waals surface area contributed by atoms with Crippen molar-refractivity contribution in [2.24, 2.45) is 0 Å². The quantitative estimate of drug-likeness (QED) is 0.414. The van der Waals surface area contributed by atoms with E-state index in [1.165, 1.54) is 5.56 Å². The minimum atomic E-state index is 0.252. The molecule has 1 unspecified atom stereocenters. The molecule has 0 amide bonds. The molecule has 1 aromatic rings. The van der Waals surface area contributed by atoms with Crippen molar-refractivity contribution in [2.75, 3.05) is 33.1 Å². The molecule has 0 saturated heterocycles. The molecular formula is C21H25N2O+. The fraction of sp³-hybridized carbons (Fsp3) is 0.286. The van der Waals surface area contributed by atoms with E-state index in [4.69, 9.17) is 4.42 Å². The molecule has 3 rings (SSSR count). The minimum Gasteiger partial charge on any atom is -0.456 e. The number of anilines is 1. The van der Waals surface area contributed by atoms with Crippen molar-refractivity contribution in [1.82, 2.24) is 4.58 Å². The van der Waals surface area contributed by atoms with Crippen LogP contribution in [0, 0.1) is 0 Å². The Morgan fingerprint density at radius 1 is 1.12 bits per heavy atom. The molecule has 1 atom stereocenters. The predicted octanol–water partition coefficient (Wildman–Crippen LogP) is 3.92. The van der Waals surface area contributed by atoms with Gasteiger partial charge in [0.15, 0.2) is 0 Å². The first kappa shape index (κ1) is 16.3. The summed E-state index contributed by atoms with van der Waals surface area (Å²) in [4.78, 5) is 2.09. The van der Waals surface area contributed by atoms with Crippen molar-refractivity contribution in [1.29, 1.82) is 0 Å². The van der Waals surface area contributed by atoms with Gasteiger partial charge in [-0.15, -0.1) is 6.58 Å². The molecule has 3 heteroatoms. The van der Waals surface area contributed by atoms with Gasteiger partial charge in [-0.25, -0.2) is 4.58 Å². The molecule has 1 aromatic carbocycles. The van der Waals surface area contributed by atoms with Gasteiger partial charge in [0.2, 0.25) is 5.36 Å². The fourth-order valence-electron chi connectivity index (χ4n) is 3.06. The van der Waals surface area contributed by atoms with Crippen molar-refractivity contribution < 1.29 is 4.42 Å². The molecule has 1 aliphatic heterocycles. The molecule has 0 radical (unpaired) electrons. The van der Waals surface area contributed by atoms with E-state index >= 15 is 0 Å². The molecule has 0 aromatic heterocycles. The molecular weight excluding hydrogens is 296 g/mol. The van der Waals surface area contributed by atoms with Crippen LogP contribution in [-0.4, -0.2) is 28.2 Å². The Bertz CT molecular complexity index is 946. The van der Waals surface area contributed by atoms with Gasteiger partial charge in [0.05, 0.1) is 6.07 Å². The van der Waals surface area contributed by atoms with Crippen LogP contribution in [0.1, 0.15) is 18.4 Å². The van der Waals surface area contributed by atoms with Crippen LogP contribution in [0.2, 0.25) is 0 Å². The van der Waals surface area contributed by atoms with Crippen LogP contribution in [0.25, 0.3) is 22.3 Å². The van der Waals surface area contributed by atoms with Gasteiger partial charge in [0.25, 0.3) is 0 Å². The molecule has 0 saturated carbocycles. The second kappa shape index (κ2) is 6.16. The Kier molecular flexibility index (Phi) is 4.18. The van der Waals surface area contributed by atoms with E-state index in [0.717, 1.165) is 33.3 Å². The summed E-state index contributed by atoms with van der Waals surface area (Å²) in [5.74, 6) is 1.16. The largest absolute Gasteiger partial charge is 0.456 e. The average molecular weight is 321 g/mol.